The highest BCUT2D eigenvalue weighted by Gasteiger charge is 2.24. The summed E-state index contributed by atoms with van der Waals surface area (Å²) in [6.07, 6.45) is 13.7. The van der Waals surface area contributed by atoms with Crippen molar-refractivity contribution in [3.63, 3.8) is 0 Å². The molecule has 0 aromatic carbocycles. The lowest BCUT2D eigenvalue weighted by molar-refractivity contribution is -0.116. The van der Waals surface area contributed by atoms with Crippen LogP contribution in [0.1, 0.15) is 103 Å². The molecule has 30 nitrogen and oxygen atoms in total. The molecule has 31 heteroatoms. The molecule has 9 amide bonds. The number of rotatable bonds is 24. The summed E-state index contributed by atoms with van der Waals surface area (Å²) < 4.78 is 15.1. The van der Waals surface area contributed by atoms with E-state index in [9.17, 15) is 43.2 Å². The Bertz CT molecular complexity index is 3930. The largest absolute Gasteiger partial charge is 0.351 e. The van der Waals surface area contributed by atoms with Crippen molar-refractivity contribution in [1.29, 1.82) is 0 Å². The van der Waals surface area contributed by atoms with Crippen molar-refractivity contribution in [2.75, 3.05) is 74.5 Å². The number of aryl methyl sites for hydroxylation is 8. The number of anilines is 8. The van der Waals surface area contributed by atoms with Gasteiger partial charge in [0.2, 0.25) is 17.6 Å². The summed E-state index contributed by atoms with van der Waals surface area (Å²) in [5.41, 5.74) is 3.56. The molecule has 0 saturated heterocycles. The molecule has 0 atom stereocenters. The summed E-state index contributed by atoms with van der Waals surface area (Å²) in [5.74, 6) is -3.43. The molecular weight excluding hydrogens is 1230 g/mol. The molecule has 0 saturated carbocycles. The molecule has 0 bridgehead atoms. The van der Waals surface area contributed by atoms with Crippen LogP contribution in [0.4, 0.5) is 45.8 Å². The number of carbonyl (C=O) groups is 9. The van der Waals surface area contributed by atoms with E-state index in [1.807, 2.05) is 41.9 Å². The Morgan fingerprint density at radius 3 is 1.03 bits per heavy atom. The molecule has 86 heavy (non-hydrogen) atoms. The Balaban J connectivity index is 0.758. The summed E-state index contributed by atoms with van der Waals surface area (Å²) in [4.78, 5) is 129. The average molecular weight is 1290 g/mol. The topological polar surface area (TPSA) is 342 Å². The van der Waals surface area contributed by atoms with Gasteiger partial charge in [0.25, 0.3) is 47.3 Å². The first-order valence-electron chi connectivity index (χ1n) is 26.6. The number of nitrogens with zero attached hydrogens (tertiary/aromatic N) is 11. The van der Waals surface area contributed by atoms with Crippen LogP contribution in [0.15, 0.2) is 86.0 Å². The number of halogens is 1. The molecule has 452 valence electrons. The summed E-state index contributed by atoms with van der Waals surface area (Å²) in [7, 11) is 17.1. The van der Waals surface area contributed by atoms with E-state index in [-0.39, 0.29) is 77.1 Å². The van der Waals surface area contributed by atoms with Gasteiger partial charge >= 0.3 is 0 Å². The van der Waals surface area contributed by atoms with Crippen molar-refractivity contribution in [1.82, 2.24) is 62.0 Å². The SMILES string of the molecule is CN(C)CCCNC(=O)c1cc(NC(=O)c2cc(NC(=O)c3cc(NC(=O)c4cc(NC(=O)CCCNC(=O)c5cc(NC(=O)c6cc(NC(=O)c7nc(NC(=O)c8nc(NI)cn8C)cn7C)cn6C)cn5C)cn4C)cn3C)cn2C)cn1C. The molecule has 8 aromatic rings. The van der Waals surface area contributed by atoms with Crippen molar-refractivity contribution in [3.05, 3.63) is 132 Å². The van der Waals surface area contributed by atoms with Crippen LogP contribution in [-0.4, -0.2) is 138 Å². The van der Waals surface area contributed by atoms with Crippen molar-refractivity contribution in [2.45, 2.75) is 19.3 Å². The fourth-order valence-electron chi connectivity index (χ4n) is 9.20. The van der Waals surface area contributed by atoms with E-state index >= 15 is 0 Å². The maximum absolute atomic E-state index is 13.5. The van der Waals surface area contributed by atoms with Gasteiger partial charge in [-0.2, -0.15) is 0 Å². The molecule has 8 aromatic heterocycles. The molecule has 0 aliphatic rings. The zero-order valence-electron chi connectivity index (χ0n) is 48.8. The fourth-order valence-corrected chi connectivity index (χ4v) is 9.46. The molecular formula is C55H66IN21O9. The molecule has 0 aliphatic carbocycles. The number of imidazole rings is 2. The van der Waals surface area contributed by atoms with Gasteiger partial charge in [-0.05, 0) is 69.9 Å². The predicted octanol–water partition coefficient (Wildman–Crippen LogP) is 4.29. The van der Waals surface area contributed by atoms with Crippen molar-refractivity contribution >= 4 is 122 Å². The maximum atomic E-state index is 13.5. The van der Waals surface area contributed by atoms with Gasteiger partial charge in [-0.25, -0.2) is 9.97 Å². The van der Waals surface area contributed by atoms with Gasteiger partial charge in [0.05, 0.1) is 57.0 Å². The standard InChI is InChI=1S/C55H66IN21O9/c1-69(2)16-12-15-58-49(80)38-19-33(25-71(38)4)60-51(82)40-21-35(27-73(40)6)63-52(83)41-20-34(26-74(41)7)62-50(81)39-17-31(23-72(39)5)59-45(78)13-11-14-57-48(79)37-18-32(24-70(37)3)61-53(84)42-22-36(28-75(42)8)64-54(85)46-65-43(29-76(46)9)67-55(86)47-66-44(68-56)30-77(47)10/h17-30,68H,11-16H2,1-10H3,(H,57,79)(H,58,80)(H,59,78)(H,60,82)(H,61,84)(H,62,81)(H,63,83)(H,64,85)(H,67,86). The normalized spacial score (nSPS) is 11.1. The first-order chi connectivity index (χ1) is 40.8. The first-order valence-corrected chi connectivity index (χ1v) is 27.7. The van der Waals surface area contributed by atoms with Gasteiger partial charge in [0.1, 0.15) is 34.2 Å². The van der Waals surface area contributed by atoms with Crippen LogP contribution in [0.5, 0.6) is 0 Å². The van der Waals surface area contributed by atoms with Crippen LogP contribution >= 0.6 is 22.9 Å². The second-order valence-corrected chi connectivity index (χ2v) is 21.1. The summed E-state index contributed by atoms with van der Waals surface area (Å²) >= 11 is 1.90. The van der Waals surface area contributed by atoms with Crippen LogP contribution in [0.2, 0.25) is 0 Å². The molecule has 0 radical (unpaired) electrons. The highest BCUT2D eigenvalue weighted by atomic mass is 127. The minimum absolute atomic E-state index is 0.0101. The van der Waals surface area contributed by atoms with Crippen LogP contribution < -0.4 is 51.4 Å². The van der Waals surface area contributed by atoms with Gasteiger partial charge in [-0.15, -0.1) is 0 Å². The molecule has 8 rings (SSSR count). The first kappa shape index (κ1) is 61.9. The number of carbonyl (C=O) groups excluding carboxylic acids is 9. The van der Waals surface area contributed by atoms with Gasteiger partial charge in [-0.1, -0.05) is 0 Å². The average Bonchev–Trinajstić information content (AvgIpc) is 4.56. The third-order valence-corrected chi connectivity index (χ3v) is 14.0. The molecule has 0 fully saturated rings. The number of nitrogens with one attached hydrogen (secondary N) is 10. The summed E-state index contributed by atoms with van der Waals surface area (Å²) in [6.45, 7) is 1.49. The monoisotopic (exact) mass is 1290 g/mol. The van der Waals surface area contributed by atoms with E-state index < -0.39 is 41.4 Å². The zero-order chi connectivity index (χ0) is 62.3. The Morgan fingerprint density at radius 1 is 0.384 bits per heavy atom. The lowest BCUT2D eigenvalue weighted by Gasteiger charge is -2.10. The quantitative estimate of drug-likeness (QED) is 0.0230. The van der Waals surface area contributed by atoms with E-state index in [1.54, 1.807) is 120 Å². The molecule has 0 aliphatic heterocycles. The van der Waals surface area contributed by atoms with E-state index in [2.05, 4.69) is 61.3 Å². The van der Waals surface area contributed by atoms with E-state index in [0.29, 0.717) is 52.2 Å². The van der Waals surface area contributed by atoms with Crippen LogP contribution in [0.25, 0.3) is 0 Å². The third kappa shape index (κ3) is 14.9. The molecule has 0 unspecified atom stereocenters. The Hall–Kier alpha value is -10.2. The zero-order valence-corrected chi connectivity index (χ0v) is 51.0. The Labute approximate surface area is 506 Å². The smallest absolute Gasteiger partial charge is 0.292 e. The van der Waals surface area contributed by atoms with Crippen molar-refractivity contribution in [3.8, 4) is 0 Å². The third-order valence-electron chi connectivity index (χ3n) is 13.4. The number of hydrogen-bond acceptors (Lipinski definition) is 13. The number of hydrogen-bond donors (Lipinski definition) is 10. The van der Waals surface area contributed by atoms with Crippen LogP contribution in [0, 0.1) is 0 Å². The highest BCUT2D eigenvalue weighted by molar-refractivity contribution is 14.1. The minimum Gasteiger partial charge on any atom is -0.351 e. The second-order valence-electron chi connectivity index (χ2n) is 20.6. The van der Waals surface area contributed by atoms with Gasteiger partial charge in [0.15, 0.2) is 11.6 Å². The highest BCUT2D eigenvalue weighted by Crippen LogP contribution is 2.23. The lowest BCUT2D eigenvalue weighted by Crippen LogP contribution is -2.28. The van der Waals surface area contributed by atoms with Crippen LogP contribution in [-0.2, 0) is 61.2 Å². The van der Waals surface area contributed by atoms with E-state index in [4.69, 9.17) is 0 Å². The molecule has 10 N–H and O–H groups in total. The minimum atomic E-state index is -0.597. The summed E-state index contributed by atoms with van der Waals surface area (Å²) in [5, 5.41) is 25.0. The predicted molar refractivity (Wildman–Crippen MR) is 330 cm³/mol. The van der Waals surface area contributed by atoms with Crippen LogP contribution in [0.3, 0.4) is 0 Å². The Kier molecular flexibility index (Phi) is 19.1. The second kappa shape index (κ2) is 26.6. The van der Waals surface area contributed by atoms with Crippen molar-refractivity contribution < 1.29 is 43.2 Å². The van der Waals surface area contributed by atoms with Crippen molar-refractivity contribution in [2.24, 2.45) is 56.4 Å². The van der Waals surface area contributed by atoms with E-state index in [0.717, 1.165) is 13.0 Å². The Morgan fingerprint density at radius 2 is 0.686 bits per heavy atom. The fraction of sp³-hybridized carbons (Fsp3) is 0.291. The number of amides is 9. The lowest BCUT2D eigenvalue weighted by atomic mass is 10.2. The van der Waals surface area contributed by atoms with Gasteiger partial charge in [0, 0.05) is 125 Å². The molecule has 8 heterocycles. The van der Waals surface area contributed by atoms with Gasteiger partial charge in [-0.3, -0.25) is 43.2 Å². The maximum Gasteiger partial charge on any atom is 0.292 e. The number of aromatic nitrogens is 10. The molecule has 0 spiro atoms. The summed E-state index contributed by atoms with van der Waals surface area (Å²) in [6, 6.07) is 9.09. The van der Waals surface area contributed by atoms with Gasteiger partial charge < -0.3 is 92.8 Å². The van der Waals surface area contributed by atoms with E-state index in [1.165, 1.54) is 59.4 Å².